The van der Waals surface area contributed by atoms with Gasteiger partial charge in [0.25, 0.3) is 11.7 Å². The van der Waals surface area contributed by atoms with Gasteiger partial charge in [-0.3, -0.25) is 9.59 Å². The molecular weight excluding hydrogens is 440 g/mol. The first-order valence-corrected chi connectivity index (χ1v) is 11.4. The summed E-state index contributed by atoms with van der Waals surface area (Å²) in [6, 6.07) is 11.6. The number of carbonyl (C=O) groups is 2. The first-order chi connectivity index (χ1) is 15.6. The topological polar surface area (TPSA) is 70.1 Å². The Kier molecular flexibility index (Phi) is 7.82. The third-order valence-electron chi connectivity index (χ3n) is 5.53. The Morgan fingerprint density at radius 2 is 1.82 bits per heavy atom. The number of halogens is 1. The number of aliphatic hydroxyl groups excluding tert-OH is 1. The molecule has 0 aliphatic carbocycles. The third kappa shape index (κ3) is 5.57. The van der Waals surface area contributed by atoms with E-state index in [2.05, 4.69) is 13.8 Å². The molecule has 1 fully saturated rings. The quantitative estimate of drug-likeness (QED) is 0.345. The van der Waals surface area contributed by atoms with E-state index in [1.165, 1.54) is 4.90 Å². The Morgan fingerprint density at radius 3 is 2.39 bits per heavy atom. The van der Waals surface area contributed by atoms with E-state index in [-0.39, 0.29) is 11.3 Å². The van der Waals surface area contributed by atoms with Crippen molar-refractivity contribution >= 4 is 29.1 Å². The van der Waals surface area contributed by atoms with Crippen LogP contribution in [0.15, 0.2) is 48.0 Å². The Bertz CT molecular complexity index is 1060. The molecule has 33 heavy (non-hydrogen) atoms. The van der Waals surface area contributed by atoms with Crippen LogP contribution in [0.3, 0.4) is 0 Å². The summed E-state index contributed by atoms with van der Waals surface area (Å²) < 4.78 is 5.83. The highest BCUT2D eigenvalue weighted by atomic mass is 35.5. The van der Waals surface area contributed by atoms with Gasteiger partial charge in [0.15, 0.2) is 0 Å². The van der Waals surface area contributed by atoms with Crippen molar-refractivity contribution in [2.24, 2.45) is 5.92 Å². The number of ether oxygens (including phenoxy) is 1. The second-order valence-electron chi connectivity index (χ2n) is 9.03. The number of ketones is 1. The number of carbonyl (C=O) groups excluding carboxylic acids is 2. The van der Waals surface area contributed by atoms with Crippen molar-refractivity contribution in [3.63, 3.8) is 0 Å². The molecule has 2 aromatic carbocycles. The summed E-state index contributed by atoms with van der Waals surface area (Å²) in [6.45, 7) is 7.54. The number of Topliss-reactive ketones (excluding diaryl/α,β-unsaturated/α-hetero) is 1. The van der Waals surface area contributed by atoms with Crippen LogP contribution < -0.4 is 4.74 Å². The van der Waals surface area contributed by atoms with E-state index in [1.54, 1.807) is 42.5 Å². The molecule has 1 N–H and O–H groups in total. The first kappa shape index (κ1) is 24.8. The fourth-order valence-corrected chi connectivity index (χ4v) is 3.91. The van der Waals surface area contributed by atoms with Crippen LogP contribution >= 0.6 is 11.6 Å². The summed E-state index contributed by atoms with van der Waals surface area (Å²) >= 11 is 6.06. The molecule has 7 heteroatoms. The van der Waals surface area contributed by atoms with E-state index in [0.29, 0.717) is 41.8 Å². The molecule has 0 spiro atoms. The average Bonchev–Trinajstić information content (AvgIpc) is 3.01. The SMILES string of the molecule is Cc1cc(/C(O)=C2\C(=O)C(=O)N(CCN(C)C)[C@@H]2c2ccc(Cl)cc2)ccc1OCC(C)C. The Balaban J connectivity index is 2.06. The van der Waals surface area contributed by atoms with Crippen molar-refractivity contribution in [1.82, 2.24) is 9.80 Å². The first-order valence-electron chi connectivity index (χ1n) is 11.0. The normalized spacial score (nSPS) is 17.9. The molecule has 3 rings (SSSR count). The van der Waals surface area contributed by atoms with Crippen LogP contribution in [0, 0.1) is 12.8 Å². The fourth-order valence-electron chi connectivity index (χ4n) is 3.78. The lowest BCUT2D eigenvalue weighted by Crippen LogP contribution is -2.35. The zero-order chi connectivity index (χ0) is 24.3. The molecule has 0 bridgehead atoms. The fraction of sp³-hybridized carbons (Fsp3) is 0.385. The van der Waals surface area contributed by atoms with E-state index in [1.807, 2.05) is 25.9 Å². The summed E-state index contributed by atoms with van der Waals surface area (Å²) in [5.74, 6) is -0.397. The zero-order valence-electron chi connectivity index (χ0n) is 19.8. The number of aliphatic hydroxyl groups is 1. The van der Waals surface area contributed by atoms with Crippen molar-refractivity contribution < 1.29 is 19.4 Å². The second kappa shape index (κ2) is 10.4. The maximum absolute atomic E-state index is 13.1. The van der Waals surface area contributed by atoms with Gasteiger partial charge in [0.05, 0.1) is 18.2 Å². The minimum Gasteiger partial charge on any atom is -0.507 e. The van der Waals surface area contributed by atoms with Crippen LogP contribution in [0.25, 0.3) is 5.76 Å². The van der Waals surface area contributed by atoms with Crippen LogP contribution in [0.1, 0.15) is 36.6 Å². The van der Waals surface area contributed by atoms with Crippen molar-refractivity contribution in [3.05, 3.63) is 69.8 Å². The van der Waals surface area contributed by atoms with Crippen molar-refractivity contribution in [1.29, 1.82) is 0 Å². The number of hydrogen-bond acceptors (Lipinski definition) is 5. The van der Waals surface area contributed by atoms with E-state index < -0.39 is 17.7 Å². The number of amides is 1. The highest BCUT2D eigenvalue weighted by Gasteiger charge is 2.45. The smallest absolute Gasteiger partial charge is 0.295 e. The number of aryl methyl sites for hydroxylation is 1. The Labute approximate surface area is 200 Å². The molecule has 0 unspecified atom stereocenters. The van der Waals surface area contributed by atoms with E-state index in [4.69, 9.17) is 16.3 Å². The largest absolute Gasteiger partial charge is 0.507 e. The number of rotatable bonds is 8. The molecule has 1 aliphatic heterocycles. The molecule has 0 saturated carbocycles. The number of likely N-dealkylation sites (N-methyl/N-ethyl adjacent to an activating group) is 1. The summed E-state index contributed by atoms with van der Waals surface area (Å²) in [4.78, 5) is 29.5. The lowest BCUT2D eigenvalue weighted by molar-refractivity contribution is -0.140. The summed E-state index contributed by atoms with van der Waals surface area (Å²) in [7, 11) is 3.80. The maximum atomic E-state index is 13.1. The van der Waals surface area contributed by atoms with Gasteiger partial charge in [0, 0.05) is 23.7 Å². The minimum absolute atomic E-state index is 0.0799. The van der Waals surface area contributed by atoms with Gasteiger partial charge in [0.2, 0.25) is 0 Å². The van der Waals surface area contributed by atoms with Gasteiger partial charge in [-0.2, -0.15) is 0 Å². The van der Waals surface area contributed by atoms with E-state index in [9.17, 15) is 14.7 Å². The van der Waals surface area contributed by atoms with Gasteiger partial charge in [-0.05, 0) is 68.4 Å². The monoisotopic (exact) mass is 470 g/mol. The van der Waals surface area contributed by atoms with Crippen LogP contribution in [-0.2, 0) is 9.59 Å². The van der Waals surface area contributed by atoms with Crippen molar-refractivity contribution in [2.75, 3.05) is 33.8 Å². The molecule has 176 valence electrons. The molecule has 2 aromatic rings. The molecule has 1 aliphatic rings. The van der Waals surface area contributed by atoms with Gasteiger partial charge in [-0.15, -0.1) is 0 Å². The standard InChI is InChI=1S/C26H31ClN2O4/c1-16(2)15-33-21-11-8-19(14-17(21)3)24(30)22-23(18-6-9-20(27)10-7-18)29(13-12-28(4)5)26(32)25(22)31/h6-11,14,16,23,30H,12-13,15H2,1-5H3/b24-22+/t23-/m1/s1. The number of likely N-dealkylation sites (tertiary alicyclic amines) is 1. The third-order valence-corrected chi connectivity index (χ3v) is 5.79. The Morgan fingerprint density at radius 1 is 1.15 bits per heavy atom. The van der Waals surface area contributed by atoms with Crippen LogP contribution in [0.4, 0.5) is 0 Å². The number of nitrogens with zero attached hydrogens (tertiary/aromatic N) is 2. The van der Waals surface area contributed by atoms with E-state index in [0.717, 1.165) is 11.3 Å². The van der Waals surface area contributed by atoms with Crippen LogP contribution in [-0.4, -0.2) is 60.4 Å². The van der Waals surface area contributed by atoms with Gasteiger partial charge in [-0.25, -0.2) is 0 Å². The van der Waals surface area contributed by atoms with Gasteiger partial charge >= 0.3 is 0 Å². The lowest BCUT2D eigenvalue weighted by atomic mass is 9.95. The molecule has 0 aromatic heterocycles. The van der Waals surface area contributed by atoms with E-state index >= 15 is 0 Å². The highest BCUT2D eigenvalue weighted by molar-refractivity contribution is 6.46. The minimum atomic E-state index is -0.695. The number of benzene rings is 2. The van der Waals surface area contributed by atoms with Crippen molar-refractivity contribution in [2.45, 2.75) is 26.8 Å². The molecule has 1 saturated heterocycles. The molecule has 0 radical (unpaired) electrons. The predicted octanol–water partition coefficient (Wildman–Crippen LogP) is 4.67. The summed E-state index contributed by atoms with van der Waals surface area (Å²) in [5.41, 5.74) is 2.10. The summed E-state index contributed by atoms with van der Waals surface area (Å²) in [6.07, 6.45) is 0. The van der Waals surface area contributed by atoms with Gasteiger partial charge in [0.1, 0.15) is 11.5 Å². The van der Waals surface area contributed by atoms with Crippen molar-refractivity contribution in [3.8, 4) is 5.75 Å². The summed E-state index contributed by atoms with van der Waals surface area (Å²) in [5, 5.41) is 11.8. The zero-order valence-corrected chi connectivity index (χ0v) is 20.5. The Hall–Kier alpha value is -2.83. The van der Waals surface area contributed by atoms with Crippen LogP contribution in [0.5, 0.6) is 5.75 Å². The number of hydrogen-bond donors (Lipinski definition) is 1. The molecule has 1 heterocycles. The second-order valence-corrected chi connectivity index (χ2v) is 9.47. The molecular formula is C26H31ClN2O4. The molecule has 1 amide bonds. The molecule has 6 nitrogen and oxygen atoms in total. The predicted molar refractivity (Wildman–Crippen MR) is 131 cm³/mol. The highest BCUT2D eigenvalue weighted by Crippen LogP contribution is 2.40. The van der Waals surface area contributed by atoms with Gasteiger partial charge in [-0.1, -0.05) is 37.6 Å². The average molecular weight is 471 g/mol. The van der Waals surface area contributed by atoms with Crippen LogP contribution in [0.2, 0.25) is 5.02 Å². The molecule has 1 atom stereocenters. The van der Waals surface area contributed by atoms with Gasteiger partial charge < -0.3 is 19.6 Å². The maximum Gasteiger partial charge on any atom is 0.295 e. The lowest BCUT2D eigenvalue weighted by Gasteiger charge is -2.26.